The molecule has 4 rings (SSSR count). The van der Waals surface area contributed by atoms with E-state index >= 15 is 0 Å². The van der Waals surface area contributed by atoms with E-state index < -0.39 is 4.92 Å². The summed E-state index contributed by atoms with van der Waals surface area (Å²) in [5.41, 5.74) is 2.50. The van der Waals surface area contributed by atoms with Crippen molar-refractivity contribution >= 4 is 38.8 Å². The Hall–Kier alpha value is -3.52. The molecule has 140 valence electrons. The van der Waals surface area contributed by atoms with Gasteiger partial charge in [-0.2, -0.15) is 5.10 Å². The van der Waals surface area contributed by atoms with Gasteiger partial charge in [-0.3, -0.25) is 19.6 Å². The number of benzene rings is 2. The molecule has 2 aromatic carbocycles. The Bertz CT molecular complexity index is 1160. The second-order valence-corrected chi connectivity index (χ2v) is 7.35. The first kappa shape index (κ1) is 17.9. The predicted octanol–water partition coefficient (Wildman–Crippen LogP) is 4.62. The van der Waals surface area contributed by atoms with Crippen LogP contribution < -0.4 is 5.32 Å². The van der Waals surface area contributed by atoms with Crippen LogP contribution in [-0.4, -0.2) is 20.6 Å². The van der Waals surface area contributed by atoms with Gasteiger partial charge in [-0.25, -0.2) is 0 Å². The fourth-order valence-electron chi connectivity index (χ4n) is 2.95. The van der Waals surface area contributed by atoms with Gasteiger partial charge in [-0.15, -0.1) is 11.3 Å². The number of carbonyl (C=O) groups excluding carboxylic acids is 1. The lowest BCUT2D eigenvalue weighted by Gasteiger charge is -2.04. The standard InChI is InChI=1S/C20H16N4O3S/c1-13-17-11-18(19(25)21-15-7-9-16(10-8-15)24(26)27)28-20(17)23(22-13)12-14-5-3-2-4-6-14/h2-11H,12H2,1H3,(H,21,25). The first-order valence-corrected chi connectivity index (χ1v) is 9.39. The van der Waals surface area contributed by atoms with Crippen molar-refractivity contribution in [3.63, 3.8) is 0 Å². The molecule has 1 N–H and O–H groups in total. The summed E-state index contributed by atoms with van der Waals surface area (Å²) < 4.78 is 1.91. The lowest BCUT2D eigenvalue weighted by atomic mass is 10.2. The van der Waals surface area contributed by atoms with E-state index in [2.05, 4.69) is 10.4 Å². The van der Waals surface area contributed by atoms with Crippen molar-refractivity contribution in [1.82, 2.24) is 9.78 Å². The molecule has 0 fully saturated rings. The number of non-ortho nitro benzene ring substituents is 1. The molecule has 0 aliphatic carbocycles. The summed E-state index contributed by atoms with van der Waals surface area (Å²) in [4.78, 5) is 24.4. The summed E-state index contributed by atoms with van der Waals surface area (Å²) in [5.74, 6) is -0.249. The molecule has 1 amide bonds. The molecule has 0 saturated carbocycles. The van der Waals surface area contributed by atoms with Gasteiger partial charge in [0.1, 0.15) is 4.83 Å². The molecule has 8 heteroatoms. The number of aryl methyl sites for hydroxylation is 1. The fourth-order valence-corrected chi connectivity index (χ4v) is 4.00. The van der Waals surface area contributed by atoms with Crippen LogP contribution in [0.1, 0.15) is 20.9 Å². The number of nitro groups is 1. The smallest absolute Gasteiger partial charge is 0.269 e. The molecule has 0 atom stereocenters. The number of thiophene rings is 1. The highest BCUT2D eigenvalue weighted by Gasteiger charge is 2.17. The van der Waals surface area contributed by atoms with Crippen LogP contribution in [0.25, 0.3) is 10.2 Å². The number of anilines is 1. The van der Waals surface area contributed by atoms with Crippen LogP contribution in [0, 0.1) is 17.0 Å². The Morgan fingerprint density at radius 1 is 1.18 bits per heavy atom. The van der Waals surface area contributed by atoms with Crippen LogP contribution >= 0.6 is 11.3 Å². The third kappa shape index (κ3) is 3.49. The quantitative estimate of drug-likeness (QED) is 0.396. The van der Waals surface area contributed by atoms with Crippen LogP contribution in [0.5, 0.6) is 0 Å². The van der Waals surface area contributed by atoms with E-state index in [9.17, 15) is 14.9 Å². The monoisotopic (exact) mass is 392 g/mol. The lowest BCUT2D eigenvalue weighted by molar-refractivity contribution is -0.384. The molecule has 28 heavy (non-hydrogen) atoms. The number of hydrogen-bond donors (Lipinski definition) is 1. The van der Waals surface area contributed by atoms with E-state index in [4.69, 9.17) is 0 Å². The number of nitro benzene ring substituents is 1. The molecule has 4 aromatic rings. The highest BCUT2D eigenvalue weighted by atomic mass is 32.1. The largest absolute Gasteiger partial charge is 0.321 e. The van der Waals surface area contributed by atoms with Gasteiger partial charge in [0, 0.05) is 23.2 Å². The molecule has 0 radical (unpaired) electrons. The maximum absolute atomic E-state index is 12.6. The third-order valence-corrected chi connectivity index (χ3v) is 5.49. The maximum Gasteiger partial charge on any atom is 0.269 e. The maximum atomic E-state index is 12.6. The van der Waals surface area contributed by atoms with Crippen molar-refractivity contribution in [3.8, 4) is 0 Å². The van der Waals surface area contributed by atoms with Crippen molar-refractivity contribution in [2.75, 3.05) is 5.32 Å². The number of nitrogens with one attached hydrogen (secondary N) is 1. The van der Waals surface area contributed by atoms with Crippen LogP contribution in [0.4, 0.5) is 11.4 Å². The Balaban J connectivity index is 1.58. The minimum Gasteiger partial charge on any atom is -0.321 e. The molecule has 7 nitrogen and oxygen atoms in total. The summed E-state index contributed by atoms with van der Waals surface area (Å²) in [6, 6.07) is 17.6. The minimum absolute atomic E-state index is 0.0171. The summed E-state index contributed by atoms with van der Waals surface area (Å²) in [7, 11) is 0. The molecule has 2 aromatic heterocycles. The van der Waals surface area contributed by atoms with Gasteiger partial charge in [-0.05, 0) is 30.7 Å². The van der Waals surface area contributed by atoms with E-state index in [1.165, 1.54) is 35.6 Å². The van der Waals surface area contributed by atoms with E-state index in [0.717, 1.165) is 21.5 Å². The van der Waals surface area contributed by atoms with Crippen molar-refractivity contribution in [1.29, 1.82) is 0 Å². The first-order chi connectivity index (χ1) is 13.5. The summed E-state index contributed by atoms with van der Waals surface area (Å²) in [6.07, 6.45) is 0. The van der Waals surface area contributed by atoms with E-state index in [1.807, 2.05) is 48.0 Å². The Morgan fingerprint density at radius 3 is 2.57 bits per heavy atom. The van der Waals surface area contributed by atoms with Gasteiger partial charge in [0.05, 0.1) is 22.0 Å². The zero-order chi connectivity index (χ0) is 19.7. The SMILES string of the molecule is Cc1nn(Cc2ccccc2)c2sc(C(=O)Nc3ccc([N+](=O)[O-])cc3)cc12. The van der Waals surface area contributed by atoms with Crippen LogP contribution in [-0.2, 0) is 6.54 Å². The van der Waals surface area contributed by atoms with Gasteiger partial charge in [0.25, 0.3) is 11.6 Å². The van der Waals surface area contributed by atoms with E-state index in [1.54, 1.807) is 0 Å². The number of hydrogen-bond acceptors (Lipinski definition) is 5. The summed E-state index contributed by atoms with van der Waals surface area (Å²) in [5, 5.41) is 19.1. The average molecular weight is 392 g/mol. The number of fused-ring (bicyclic) bond motifs is 1. The van der Waals surface area contributed by atoms with E-state index in [0.29, 0.717) is 17.1 Å². The molecule has 2 heterocycles. The number of amides is 1. The topological polar surface area (TPSA) is 90.1 Å². The molecule has 0 aliphatic heterocycles. The van der Waals surface area contributed by atoms with Gasteiger partial charge in [0.2, 0.25) is 0 Å². The Morgan fingerprint density at radius 2 is 1.89 bits per heavy atom. The molecule has 0 spiro atoms. The van der Waals surface area contributed by atoms with Crippen LogP contribution in [0.2, 0.25) is 0 Å². The van der Waals surface area contributed by atoms with E-state index in [-0.39, 0.29) is 11.6 Å². The number of nitrogens with zero attached hydrogens (tertiary/aromatic N) is 3. The number of aromatic nitrogens is 2. The normalized spacial score (nSPS) is 10.9. The van der Waals surface area contributed by atoms with Gasteiger partial charge < -0.3 is 5.32 Å². The van der Waals surface area contributed by atoms with Gasteiger partial charge in [0.15, 0.2) is 0 Å². The van der Waals surface area contributed by atoms with Crippen molar-refractivity contribution in [3.05, 3.63) is 86.9 Å². The van der Waals surface area contributed by atoms with Gasteiger partial charge >= 0.3 is 0 Å². The predicted molar refractivity (Wildman–Crippen MR) is 109 cm³/mol. The van der Waals surface area contributed by atoms with Crippen LogP contribution in [0.3, 0.4) is 0 Å². The second-order valence-electron chi connectivity index (χ2n) is 6.32. The highest BCUT2D eigenvalue weighted by molar-refractivity contribution is 7.20. The Kier molecular flexibility index (Phi) is 4.62. The second kappa shape index (κ2) is 7.24. The molecule has 0 bridgehead atoms. The average Bonchev–Trinajstić information content (AvgIpc) is 3.25. The lowest BCUT2D eigenvalue weighted by Crippen LogP contribution is -2.10. The Labute approximate surface area is 164 Å². The third-order valence-electron chi connectivity index (χ3n) is 4.34. The van der Waals surface area contributed by atoms with Crippen molar-refractivity contribution in [2.45, 2.75) is 13.5 Å². The zero-order valence-corrected chi connectivity index (χ0v) is 15.8. The number of rotatable bonds is 5. The first-order valence-electron chi connectivity index (χ1n) is 8.58. The highest BCUT2D eigenvalue weighted by Crippen LogP contribution is 2.29. The minimum atomic E-state index is -0.473. The number of carbonyl (C=O) groups is 1. The summed E-state index contributed by atoms with van der Waals surface area (Å²) >= 11 is 1.38. The summed E-state index contributed by atoms with van der Waals surface area (Å²) in [6.45, 7) is 2.56. The molecule has 0 saturated heterocycles. The molecular weight excluding hydrogens is 376 g/mol. The molecular formula is C20H16N4O3S. The molecule has 0 aliphatic rings. The van der Waals surface area contributed by atoms with Gasteiger partial charge in [-0.1, -0.05) is 30.3 Å². The van der Waals surface area contributed by atoms with Crippen molar-refractivity contribution in [2.24, 2.45) is 0 Å². The molecule has 0 unspecified atom stereocenters. The fraction of sp³-hybridized carbons (Fsp3) is 0.100. The van der Waals surface area contributed by atoms with Crippen molar-refractivity contribution < 1.29 is 9.72 Å². The zero-order valence-electron chi connectivity index (χ0n) is 15.0. The van der Waals surface area contributed by atoms with Crippen LogP contribution in [0.15, 0.2) is 60.7 Å².